The van der Waals surface area contributed by atoms with Crippen LogP contribution in [0, 0.1) is 0 Å². The van der Waals surface area contributed by atoms with Gasteiger partial charge in [-0.2, -0.15) is 0 Å². The van der Waals surface area contributed by atoms with E-state index in [0.717, 1.165) is 10.9 Å². The molecule has 2 amide bonds. The molecule has 0 aromatic rings. The highest BCUT2D eigenvalue weighted by Gasteiger charge is 2.14. The molecule has 1 rings (SSSR count). The summed E-state index contributed by atoms with van der Waals surface area (Å²) in [5.74, 6) is 1.06. The summed E-state index contributed by atoms with van der Waals surface area (Å²) < 4.78 is 0. The number of nitrogens with zero attached hydrogens (tertiary/aromatic N) is 1. The lowest BCUT2D eigenvalue weighted by Crippen LogP contribution is -2.31. The van der Waals surface area contributed by atoms with Gasteiger partial charge >= 0.3 is 6.03 Å². The fourth-order valence-electron chi connectivity index (χ4n) is 0.926. The largest absolute Gasteiger partial charge is 0.362 e. The van der Waals surface area contributed by atoms with Crippen molar-refractivity contribution in [2.24, 2.45) is 10.7 Å². The van der Waals surface area contributed by atoms with Crippen LogP contribution in [-0.2, 0) is 0 Å². The van der Waals surface area contributed by atoms with E-state index >= 15 is 0 Å². The quantitative estimate of drug-likeness (QED) is 0.551. The summed E-state index contributed by atoms with van der Waals surface area (Å²) in [7, 11) is 0. The average Bonchev–Trinajstić information content (AvgIpc) is 2.45. The summed E-state index contributed by atoms with van der Waals surface area (Å²) in [5.41, 5.74) is 4.89. The van der Waals surface area contributed by atoms with Crippen LogP contribution in [0.4, 0.5) is 4.79 Å². The van der Waals surface area contributed by atoms with E-state index < -0.39 is 6.03 Å². The Kier molecular flexibility index (Phi) is 3.88. The maximum absolute atomic E-state index is 10.3. The molecule has 0 saturated carbocycles. The monoisotopic (exact) mass is 202 g/mol. The molecule has 0 spiro atoms. The van der Waals surface area contributed by atoms with E-state index in [0.29, 0.717) is 19.1 Å². The molecule has 1 unspecified atom stereocenters. The number of aliphatic imine (C=N–C) groups is 1. The predicted molar refractivity (Wildman–Crippen MR) is 54.9 cm³/mol. The third-order valence-corrected chi connectivity index (χ3v) is 2.69. The number of carbonyl (C=O) groups excluding carboxylic acids is 1. The second-order valence-corrected chi connectivity index (χ2v) is 3.84. The van der Waals surface area contributed by atoms with Gasteiger partial charge in [0, 0.05) is 18.3 Å². The number of rotatable bonds is 3. The van der Waals surface area contributed by atoms with E-state index in [1.807, 2.05) is 0 Å². The molecule has 0 bridgehead atoms. The molecule has 1 aliphatic rings. The normalized spacial score (nSPS) is 24.4. The summed E-state index contributed by atoms with van der Waals surface area (Å²) >= 11 is 1.70. The van der Waals surface area contributed by atoms with Crippen LogP contribution in [0.15, 0.2) is 4.99 Å². The third-order valence-electron chi connectivity index (χ3n) is 1.51. The van der Waals surface area contributed by atoms with Gasteiger partial charge in [-0.3, -0.25) is 4.99 Å². The number of carbonyl (C=O) groups is 1. The number of nitrogens with one attached hydrogen (secondary N) is 2. The minimum atomic E-state index is -0.499. The zero-order chi connectivity index (χ0) is 9.68. The Morgan fingerprint density at radius 2 is 2.69 bits per heavy atom. The highest BCUT2D eigenvalue weighted by Crippen LogP contribution is 2.12. The zero-order valence-electron chi connectivity index (χ0n) is 7.54. The number of amidine groups is 1. The van der Waals surface area contributed by atoms with Gasteiger partial charge < -0.3 is 16.4 Å². The first-order chi connectivity index (χ1) is 6.18. The highest BCUT2D eigenvalue weighted by atomic mass is 32.2. The molecule has 1 atom stereocenters. The van der Waals surface area contributed by atoms with Crippen molar-refractivity contribution in [2.45, 2.75) is 13.0 Å². The molecule has 4 N–H and O–H groups in total. The molecule has 0 aliphatic carbocycles. The lowest BCUT2D eigenvalue weighted by molar-refractivity contribution is 0.249. The van der Waals surface area contributed by atoms with E-state index in [9.17, 15) is 4.79 Å². The number of amides is 2. The molecule has 0 aromatic heterocycles. The number of primary amides is 1. The summed E-state index contributed by atoms with van der Waals surface area (Å²) in [6.07, 6.45) is 0. The standard InChI is InChI=1S/C7H14N4OS/c1-5-4-13-7(11-5)10-3-2-9-6(8)12/h5H,2-4H2,1H3,(H,10,11)(H3,8,9,12). The molecule has 6 heteroatoms. The van der Waals surface area contributed by atoms with Crippen molar-refractivity contribution < 1.29 is 4.79 Å². The van der Waals surface area contributed by atoms with E-state index in [-0.39, 0.29) is 0 Å². The van der Waals surface area contributed by atoms with Gasteiger partial charge in [0.25, 0.3) is 0 Å². The fourth-order valence-corrected chi connectivity index (χ4v) is 1.88. The van der Waals surface area contributed by atoms with Crippen LogP contribution in [0.5, 0.6) is 0 Å². The second-order valence-electron chi connectivity index (χ2n) is 2.83. The first-order valence-electron chi connectivity index (χ1n) is 4.15. The molecular formula is C7H14N4OS. The number of hydrogen-bond acceptors (Lipinski definition) is 3. The molecule has 1 heterocycles. The van der Waals surface area contributed by atoms with Gasteiger partial charge in [-0.1, -0.05) is 11.8 Å². The van der Waals surface area contributed by atoms with Crippen LogP contribution in [0.25, 0.3) is 0 Å². The molecule has 74 valence electrons. The van der Waals surface area contributed by atoms with Crippen LogP contribution < -0.4 is 16.4 Å². The average molecular weight is 202 g/mol. The first kappa shape index (κ1) is 10.2. The molecule has 1 aliphatic heterocycles. The molecule has 13 heavy (non-hydrogen) atoms. The van der Waals surface area contributed by atoms with Crippen LogP contribution in [0.2, 0.25) is 0 Å². The van der Waals surface area contributed by atoms with E-state index in [4.69, 9.17) is 5.73 Å². The van der Waals surface area contributed by atoms with Crippen LogP contribution in [0.1, 0.15) is 6.92 Å². The fraction of sp³-hybridized carbons (Fsp3) is 0.714. The van der Waals surface area contributed by atoms with Crippen molar-refractivity contribution in [1.82, 2.24) is 10.6 Å². The molecule has 0 radical (unpaired) electrons. The molecular weight excluding hydrogens is 188 g/mol. The van der Waals surface area contributed by atoms with Crippen molar-refractivity contribution >= 4 is 23.0 Å². The zero-order valence-corrected chi connectivity index (χ0v) is 8.36. The SMILES string of the molecule is CC1CSC(=NCCNC(N)=O)N1. The van der Waals surface area contributed by atoms with Gasteiger partial charge in [-0.25, -0.2) is 4.79 Å². The van der Waals surface area contributed by atoms with E-state index in [1.54, 1.807) is 11.8 Å². The van der Waals surface area contributed by atoms with Crippen LogP contribution in [0.3, 0.4) is 0 Å². The molecule has 0 aromatic carbocycles. The molecule has 1 fully saturated rings. The Hall–Kier alpha value is -0.910. The maximum Gasteiger partial charge on any atom is 0.312 e. The van der Waals surface area contributed by atoms with Crippen molar-refractivity contribution in [1.29, 1.82) is 0 Å². The van der Waals surface area contributed by atoms with Gasteiger partial charge in [-0.15, -0.1) is 0 Å². The molecule has 5 nitrogen and oxygen atoms in total. The topological polar surface area (TPSA) is 79.5 Å². The Bertz CT molecular complexity index is 219. The Labute approximate surface area is 81.5 Å². The Morgan fingerprint density at radius 3 is 3.23 bits per heavy atom. The highest BCUT2D eigenvalue weighted by molar-refractivity contribution is 8.14. The summed E-state index contributed by atoms with van der Waals surface area (Å²) in [4.78, 5) is 14.5. The van der Waals surface area contributed by atoms with E-state index in [2.05, 4.69) is 22.5 Å². The predicted octanol–water partition coefficient (Wildman–Crippen LogP) is -0.264. The maximum atomic E-state index is 10.3. The lowest BCUT2D eigenvalue weighted by atomic mass is 10.4. The molecule has 1 saturated heterocycles. The number of thioether (sulfide) groups is 1. The van der Waals surface area contributed by atoms with Crippen molar-refractivity contribution in [3.8, 4) is 0 Å². The van der Waals surface area contributed by atoms with Crippen LogP contribution in [-0.4, -0.2) is 36.1 Å². The third kappa shape index (κ3) is 4.02. The lowest BCUT2D eigenvalue weighted by Gasteiger charge is -2.01. The minimum absolute atomic E-state index is 0.493. The van der Waals surface area contributed by atoms with Gasteiger partial charge in [-0.05, 0) is 6.92 Å². The van der Waals surface area contributed by atoms with Gasteiger partial charge in [0.1, 0.15) is 0 Å². The minimum Gasteiger partial charge on any atom is -0.362 e. The number of urea groups is 1. The Morgan fingerprint density at radius 1 is 1.92 bits per heavy atom. The smallest absolute Gasteiger partial charge is 0.312 e. The Balaban J connectivity index is 2.13. The summed E-state index contributed by atoms with van der Waals surface area (Å²) in [5, 5.41) is 6.64. The van der Waals surface area contributed by atoms with Crippen molar-refractivity contribution in [2.75, 3.05) is 18.8 Å². The van der Waals surface area contributed by atoms with Crippen molar-refractivity contribution in [3.63, 3.8) is 0 Å². The number of nitrogens with two attached hydrogens (primary N) is 1. The number of hydrogen-bond donors (Lipinski definition) is 3. The summed E-state index contributed by atoms with van der Waals surface area (Å²) in [6.45, 7) is 3.18. The van der Waals surface area contributed by atoms with Gasteiger partial charge in [0.2, 0.25) is 0 Å². The second kappa shape index (κ2) is 4.96. The van der Waals surface area contributed by atoms with Gasteiger partial charge in [0.05, 0.1) is 6.54 Å². The van der Waals surface area contributed by atoms with Gasteiger partial charge in [0.15, 0.2) is 5.17 Å². The van der Waals surface area contributed by atoms with E-state index in [1.165, 1.54) is 0 Å². The van der Waals surface area contributed by atoms with Crippen LogP contribution >= 0.6 is 11.8 Å². The van der Waals surface area contributed by atoms with Crippen molar-refractivity contribution in [3.05, 3.63) is 0 Å². The summed E-state index contributed by atoms with van der Waals surface area (Å²) in [6, 6.07) is -0.00606. The first-order valence-corrected chi connectivity index (χ1v) is 5.14.